The molecular formula is C31H40OSSi. The largest absolute Gasteiger partial charge is 0.408 e. The van der Waals surface area contributed by atoms with Gasteiger partial charge in [-0.3, -0.25) is 0 Å². The maximum Gasteiger partial charge on any atom is 0.255 e. The second-order valence-electron chi connectivity index (χ2n) is 9.64. The van der Waals surface area contributed by atoms with Crippen LogP contribution >= 0.6 is 11.8 Å². The van der Waals surface area contributed by atoms with Gasteiger partial charge in [0, 0.05) is 16.8 Å². The minimum Gasteiger partial charge on any atom is -0.408 e. The molecule has 1 aliphatic rings. The molecule has 0 bridgehead atoms. The molecule has 0 radical (unpaired) electrons. The Hall–Kier alpha value is -1.81. The van der Waals surface area contributed by atoms with Gasteiger partial charge in [0.1, 0.15) is 0 Å². The van der Waals surface area contributed by atoms with Gasteiger partial charge in [0.15, 0.2) is 0 Å². The van der Waals surface area contributed by atoms with Crippen LogP contribution in [0.2, 0.25) is 6.04 Å². The molecule has 0 N–H and O–H groups in total. The summed E-state index contributed by atoms with van der Waals surface area (Å²) >= 11 is 2.10. The standard InChI is InChI=1S/C31H40OSSi/c1-2-3-25-34(30-20-6-4-7-21-30,31-22-8-5-9-23-31)32-24-13-12-15-27-16-14-19-29(26-27)33-28-17-10-11-18-28/h4-9,14,16,19-23,26,28H,2-3,10-13,15,17-18,24-25H2,1H3. The van der Waals surface area contributed by atoms with E-state index in [0.29, 0.717) is 0 Å². The summed E-state index contributed by atoms with van der Waals surface area (Å²) in [5.74, 6) is 0. The van der Waals surface area contributed by atoms with Crippen molar-refractivity contribution in [3.05, 3.63) is 90.5 Å². The first-order valence-corrected chi connectivity index (χ1v) is 16.3. The van der Waals surface area contributed by atoms with E-state index in [0.717, 1.165) is 30.7 Å². The van der Waals surface area contributed by atoms with Crippen LogP contribution in [0.4, 0.5) is 0 Å². The third kappa shape index (κ3) is 6.87. The van der Waals surface area contributed by atoms with Gasteiger partial charge in [-0.05, 0) is 66.2 Å². The van der Waals surface area contributed by atoms with Gasteiger partial charge in [-0.15, -0.1) is 11.8 Å². The van der Waals surface area contributed by atoms with Crippen molar-refractivity contribution in [2.45, 2.75) is 80.9 Å². The highest BCUT2D eigenvalue weighted by Crippen LogP contribution is 2.35. The van der Waals surface area contributed by atoms with E-state index in [-0.39, 0.29) is 0 Å². The average Bonchev–Trinajstić information content (AvgIpc) is 3.40. The first kappa shape index (κ1) is 25.3. The molecule has 0 spiro atoms. The summed E-state index contributed by atoms with van der Waals surface area (Å²) in [6.07, 6.45) is 11.4. The van der Waals surface area contributed by atoms with Crippen LogP contribution in [-0.4, -0.2) is 20.2 Å². The molecule has 3 heteroatoms. The zero-order chi connectivity index (χ0) is 23.5. The Labute approximate surface area is 212 Å². The van der Waals surface area contributed by atoms with Gasteiger partial charge in [0.25, 0.3) is 8.32 Å². The summed E-state index contributed by atoms with van der Waals surface area (Å²) in [6.45, 7) is 3.13. The van der Waals surface area contributed by atoms with E-state index in [1.54, 1.807) is 0 Å². The molecule has 0 amide bonds. The van der Waals surface area contributed by atoms with Crippen molar-refractivity contribution in [2.75, 3.05) is 6.61 Å². The SMILES string of the molecule is CCCC[Si](OCCCCc1cccc(SC2CCCC2)c1)(c1ccccc1)c1ccccc1. The molecule has 1 nitrogen and oxygen atoms in total. The number of hydrogen-bond donors (Lipinski definition) is 0. The molecule has 3 aromatic carbocycles. The van der Waals surface area contributed by atoms with Gasteiger partial charge < -0.3 is 4.43 Å². The van der Waals surface area contributed by atoms with Crippen LogP contribution in [-0.2, 0) is 10.8 Å². The molecule has 1 saturated carbocycles. The summed E-state index contributed by atoms with van der Waals surface area (Å²) in [4.78, 5) is 1.46. The highest BCUT2D eigenvalue weighted by atomic mass is 32.2. The van der Waals surface area contributed by atoms with E-state index in [4.69, 9.17) is 4.43 Å². The Morgan fingerprint density at radius 1 is 0.794 bits per heavy atom. The lowest BCUT2D eigenvalue weighted by Crippen LogP contribution is -2.60. The summed E-state index contributed by atoms with van der Waals surface area (Å²) < 4.78 is 6.99. The summed E-state index contributed by atoms with van der Waals surface area (Å²) in [6, 6.07) is 32.5. The fourth-order valence-electron chi connectivity index (χ4n) is 5.19. The smallest absolute Gasteiger partial charge is 0.255 e. The van der Waals surface area contributed by atoms with Crippen LogP contribution in [0, 0.1) is 0 Å². The van der Waals surface area contributed by atoms with Gasteiger partial charge in [-0.2, -0.15) is 0 Å². The maximum absolute atomic E-state index is 6.99. The van der Waals surface area contributed by atoms with Crippen molar-refractivity contribution in [3.8, 4) is 0 Å². The Morgan fingerprint density at radius 2 is 1.47 bits per heavy atom. The fraction of sp³-hybridized carbons (Fsp3) is 0.419. The molecule has 1 fully saturated rings. The Kier molecular flexibility index (Phi) is 9.91. The zero-order valence-electron chi connectivity index (χ0n) is 20.8. The van der Waals surface area contributed by atoms with Crippen molar-refractivity contribution < 1.29 is 4.43 Å². The van der Waals surface area contributed by atoms with Crippen molar-refractivity contribution in [1.29, 1.82) is 0 Å². The summed E-state index contributed by atoms with van der Waals surface area (Å²) in [7, 11) is -2.23. The van der Waals surface area contributed by atoms with E-state index in [1.807, 2.05) is 0 Å². The van der Waals surface area contributed by atoms with E-state index in [2.05, 4.69) is 104 Å². The highest BCUT2D eigenvalue weighted by molar-refractivity contribution is 8.00. The van der Waals surface area contributed by atoms with Gasteiger partial charge in [0.05, 0.1) is 0 Å². The number of hydrogen-bond acceptors (Lipinski definition) is 2. The molecule has 180 valence electrons. The third-order valence-electron chi connectivity index (χ3n) is 7.07. The van der Waals surface area contributed by atoms with E-state index in [1.165, 1.54) is 65.8 Å². The van der Waals surface area contributed by atoms with Crippen LogP contribution < -0.4 is 10.4 Å². The fourth-order valence-corrected chi connectivity index (χ4v) is 10.7. The van der Waals surface area contributed by atoms with Crippen LogP contribution in [0.1, 0.15) is 63.9 Å². The third-order valence-corrected chi connectivity index (χ3v) is 12.7. The number of rotatable bonds is 13. The van der Waals surface area contributed by atoms with Gasteiger partial charge in [-0.1, -0.05) is 105 Å². The van der Waals surface area contributed by atoms with E-state index >= 15 is 0 Å². The molecule has 0 heterocycles. The van der Waals surface area contributed by atoms with E-state index in [9.17, 15) is 0 Å². The second-order valence-corrected chi connectivity index (χ2v) is 14.6. The lowest BCUT2D eigenvalue weighted by molar-refractivity contribution is 0.303. The zero-order valence-corrected chi connectivity index (χ0v) is 22.6. The van der Waals surface area contributed by atoms with Crippen molar-refractivity contribution >= 4 is 30.5 Å². The lowest BCUT2D eigenvalue weighted by atomic mass is 10.1. The molecule has 0 saturated heterocycles. The summed E-state index contributed by atoms with van der Waals surface area (Å²) in [5.41, 5.74) is 1.48. The topological polar surface area (TPSA) is 9.23 Å². The first-order chi connectivity index (χ1) is 16.8. The highest BCUT2D eigenvalue weighted by Gasteiger charge is 2.38. The molecule has 1 aliphatic carbocycles. The Balaban J connectivity index is 1.37. The van der Waals surface area contributed by atoms with Gasteiger partial charge in [-0.25, -0.2) is 0 Å². The molecule has 0 unspecified atom stereocenters. The van der Waals surface area contributed by atoms with Crippen molar-refractivity contribution in [2.24, 2.45) is 0 Å². The van der Waals surface area contributed by atoms with Crippen LogP contribution in [0.15, 0.2) is 89.8 Å². The minimum atomic E-state index is -2.23. The molecule has 3 aromatic rings. The Bertz CT molecular complexity index is 929. The lowest BCUT2D eigenvalue weighted by Gasteiger charge is -2.32. The van der Waals surface area contributed by atoms with Crippen LogP contribution in [0.25, 0.3) is 0 Å². The second kappa shape index (κ2) is 13.3. The quantitative estimate of drug-likeness (QED) is 0.181. The number of unbranched alkanes of at least 4 members (excludes halogenated alkanes) is 2. The number of thioether (sulfide) groups is 1. The maximum atomic E-state index is 6.99. The van der Waals surface area contributed by atoms with E-state index < -0.39 is 8.32 Å². The minimum absolute atomic E-state index is 0.834. The molecular weight excluding hydrogens is 448 g/mol. The molecule has 4 rings (SSSR count). The monoisotopic (exact) mass is 488 g/mol. The van der Waals surface area contributed by atoms with Gasteiger partial charge in [0.2, 0.25) is 0 Å². The van der Waals surface area contributed by atoms with Crippen molar-refractivity contribution in [1.82, 2.24) is 0 Å². The first-order valence-electron chi connectivity index (χ1n) is 13.3. The average molecular weight is 489 g/mol. The molecule has 0 aromatic heterocycles. The van der Waals surface area contributed by atoms with Gasteiger partial charge >= 0.3 is 0 Å². The molecule has 0 aliphatic heterocycles. The molecule has 0 atom stereocenters. The van der Waals surface area contributed by atoms with Crippen LogP contribution in [0.5, 0.6) is 0 Å². The predicted molar refractivity (Wildman–Crippen MR) is 151 cm³/mol. The summed E-state index contributed by atoms with van der Waals surface area (Å²) in [5, 5.41) is 3.65. The number of aryl methyl sites for hydroxylation is 1. The van der Waals surface area contributed by atoms with Crippen LogP contribution in [0.3, 0.4) is 0 Å². The number of benzene rings is 3. The predicted octanol–water partition coefficient (Wildman–Crippen LogP) is 7.62. The van der Waals surface area contributed by atoms with Crippen molar-refractivity contribution in [3.63, 3.8) is 0 Å². The normalized spacial score (nSPS) is 14.5. The molecule has 34 heavy (non-hydrogen) atoms. The Morgan fingerprint density at radius 3 is 2.12 bits per heavy atom.